The van der Waals surface area contributed by atoms with Crippen molar-refractivity contribution in [3.63, 3.8) is 0 Å². The molecule has 0 unspecified atom stereocenters. The van der Waals surface area contributed by atoms with Gasteiger partial charge >= 0.3 is 5.97 Å². The van der Waals surface area contributed by atoms with Crippen LogP contribution in [-0.4, -0.2) is 16.1 Å². The van der Waals surface area contributed by atoms with Crippen LogP contribution in [0.15, 0.2) is 28.7 Å². The molecule has 0 bridgehead atoms. The minimum atomic E-state index is -0.969. The first-order valence-electron chi connectivity index (χ1n) is 4.43. The molecular weight excluding hydrogens is 194 g/mol. The first-order valence-corrected chi connectivity index (χ1v) is 4.43. The Morgan fingerprint density at radius 1 is 1.53 bits per heavy atom. The molecule has 0 fully saturated rings. The highest BCUT2D eigenvalue weighted by atomic mass is 16.4. The van der Waals surface area contributed by atoms with Gasteiger partial charge in [0.15, 0.2) is 11.5 Å². The van der Waals surface area contributed by atoms with E-state index in [-0.39, 0.29) is 0 Å². The van der Waals surface area contributed by atoms with Gasteiger partial charge in [0.2, 0.25) is 0 Å². The third-order valence-corrected chi connectivity index (χ3v) is 1.94. The fourth-order valence-electron chi connectivity index (χ4n) is 1.33. The molecule has 1 aromatic carbocycles. The van der Waals surface area contributed by atoms with Gasteiger partial charge < -0.3 is 9.52 Å². The number of aryl methyl sites for hydroxylation is 1. The fourth-order valence-corrected chi connectivity index (χ4v) is 1.33. The van der Waals surface area contributed by atoms with Gasteiger partial charge in [-0.05, 0) is 23.8 Å². The largest absolute Gasteiger partial charge is 0.478 e. The summed E-state index contributed by atoms with van der Waals surface area (Å²) >= 11 is 0. The Bertz CT molecular complexity index is 540. The fraction of sp³-hybridized carbons (Fsp3) is 0.0909. The molecule has 76 valence electrons. The second-order valence-corrected chi connectivity index (χ2v) is 3.13. The third-order valence-electron chi connectivity index (χ3n) is 1.94. The van der Waals surface area contributed by atoms with E-state index in [9.17, 15) is 4.79 Å². The molecule has 1 N–H and O–H groups in total. The lowest BCUT2D eigenvalue weighted by atomic mass is 10.2. The lowest BCUT2D eigenvalue weighted by Crippen LogP contribution is -1.85. The van der Waals surface area contributed by atoms with Crippen LogP contribution in [0.3, 0.4) is 0 Å². The summed E-state index contributed by atoms with van der Waals surface area (Å²) in [5.41, 5.74) is 2.22. The summed E-state index contributed by atoms with van der Waals surface area (Å²) in [6.07, 6.45) is 2.60. The van der Waals surface area contributed by atoms with Gasteiger partial charge in [-0.15, -0.1) is 0 Å². The van der Waals surface area contributed by atoms with Crippen LogP contribution in [-0.2, 0) is 4.79 Å². The highest BCUT2D eigenvalue weighted by Gasteiger charge is 2.01. The minimum absolute atomic E-state index is 0.601. The summed E-state index contributed by atoms with van der Waals surface area (Å²) in [4.78, 5) is 14.5. The van der Waals surface area contributed by atoms with Crippen molar-refractivity contribution < 1.29 is 14.3 Å². The number of carboxylic acids is 1. The smallest absolute Gasteiger partial charge is 0.328 e. The molecular formula is C11H9NO3. The maximum absolute atomic E-state index is 10.3. The van der Waals surface area contributed by atoms with Gasteiger partial charge in [0.1, 0.15) is 5.52 Å². The Morgan fingerprint density at radius 2 is 2.33 bits per heavy atom. The number of hydrogen-bond acceptors (Lipinski definition) is 3. The highest BCUT2D eigenvalue weighted by Crippen LogP contribution is 2.17. The molecule has 0 radical (unpaired) electrons. The zero-order chi connectivity index (χ0) is 10.8. The number of fused-ring (bicyclic) bond motifs is 1. The number of aromatic nitrogens is 1. The Balaban J connectivity index is 2.42. The second-order valence-electron chi connectivity index (χ2n) is 3.13. The number of carbonyl (C=O) groups is 1. The Kier molecular flexibility index (Phi) is 2.25. The lowest BCUT2D eigenvalue weighted by molar-refractivity contribution is -0.131. The van der Waals surface area contributed by atoms with Gasteiger partial charge in [-0.1, -0.05) is 6.07 Å². The Morgan fingerprint density at radius 3 is 3.07 bits per heavy atom. The van der Waals surface area contributed by atoms with Crippen molar-refractivity contribution in [2.24, 2.45) is 0 Å². The molecule has 15 heavy (non-hydrogen) atoms. The van der Waals surface area contributed by atoms with E-state index in [0.717, 1.165) is 17.2 Å². The molecule has 2 rings (SSSR count). The quantitative estimate of drug-likeness (QED) is 0.760. The van der Waals surface area contributed by atoms with Gasteiger partial charge in [-0.25, -0.2) is 9.78 Å². The SMILES string of the molecule is Cc1nc2ccc(/C=C/C(=O)O)cc2o1. The van der Waals surface area contributed by atoms with Crippen LogP contribution in [0.1, 0.15) is 11.5 Å². The monoisotopic (exact) mass is 203 g/mol. The zero-order valence-corrected chi connectivity index (χ0v) is 8.10. The molecule has 0 spiro atoms. The maximum Gasteiger partial charge on any atom is 0.328 e. The molecule has 0 saturated heterocycles. The van der Waals surface area contributed by atoms with E-state index in [1.807, 2.05) is 0 Å². The summed E-state index contributed by atoms with van der Waals surface area (Å²) in [6, 6.07) is 5.35. The van der Waals surface area contributed by atoms with Crippen LogP contribution in [0.25, 0.3) is 17.2 Å². The molecule has 0 aliphatic carbocycles. The zero-order valence-electron chi connectivity index (χ0n) is 8.10. The summed E-state index contributed by atoms with van der Waals surface area (Å²) in [6.45, 7) is 1.77. The summed E-state index contributed by atoms with van der Waals surface area (Å²) in [7, 11) is 0. The van der Waals surface area contributed by atoms with Crippen molar-refractivity contribution in [2.75, 3.05) is 0 Å². The number of aliphatic carboxylic acids is 1. The van der Waals surface area contributed by atoms with E-state index in [1.54, 1.807) is 25.1 Å². The van der Waals surface area contributed by atoms with Crippen molar-refractivity contribution in [2.45, 2.75) is 6.92 Å². The van der Waals surface area contributed by atoms with Crippen LogP contribution in [0.5, 0.6) is 0 Å². The topological polar surface area (TPSA) is 63.3 Å². The van der Waals surface area contributed by atoms with Gasteiger partial charge in [0, 0.05) is 13.0 Å². The first kappa shape index (κ1) is 9.45. The molecule has 0 aliphatic heterocycles. The predicted octanol–water partition coefficient (Wildman–Crippen LogP) is 2.23. The lowest BCUT2D eigenvalue weighted by Gasteiger charge is -1.91. The first-order chi connectivity index (χ1) is 7.15. The molecule has 0 amide bonds. The number of carboxylic acid groups (broad SMARTS) is 1. The number of nitrogens with zero attached hydrogens (tertiary/aromatic N) is 1. The van der Waals surface area contributed by atoms with Gasteiger partial charge in [0.25, 0.3) is 0 Å². The number of oxazole rings is 1. The van der Waals surface area contributed by atoms with Crippen molar-refractivity contribution in [1.29, 1.82) is 0 Å². The van der Waals surface area contributed by atoms with Gasteiger partial charge in [0.05, 0.1) is 0 Å². The normalized spacial score (nSPS) is 11.3. The number of rotatable bonds is 2. The highest BCUT2D eigenvalue weighted by molar-refractivity contribution is 5.86. The average Bonchev–Trinajstić information content (AvgIpc) is 2.53. The maximum atomic E-state index is 10.3. The third kappa shape index (κ3) is 2.04. The van der Waals surface area contributed by atoms with Crippen LogP contribution in [0, 0.1) is 6.92 Å². The van der Waals surface area contributed by atoms with Crippen molar-refractivity contribution in [3.8, 4) is 0 Å². The second kappa shape index (κ2) is 3.57. The van der Waals surface area contributed by atoms with E-state index in [1.165, 1.54) is 6.08 Å². The van der Waals surface area contributed by atoms with E-state index in [0.29, 0.717) is 11.5 Å². The van der Waals surface area contributed by atoms with Crippen molar-refractivity contribution in [1.82, 2.24) is 4.98 Å². The van der Waals surface area contributed by atoms with E-state index >= 15 is 0 Å². The van der Waals surface area contributed by atoms with Crippen LogP contribution in [0.4, 0.5) is 0 Å². The Labute approximate surface area is 85.9 Å². The van der Waals surface area contributed by atoms with Crippen LogP contribution < -0.4 is 0 Å². The number of hydrogen-bond donors (Lipinski definition) is 1. The molecule has 4 nitrogen and oxygen atoms in total. The molecule has 1 aromatic heterocycles. The van der Waals surface area contributed by atoms with Crippen LogP contribution >= 0.6 is 0 Å². The molecule has 0 aliphatic rings. The molecule has 1 heterocycles. The van der Waals surface area contributed by atoms with Gasteiger partial charge in [-0.2, -0.15) is 0 Å². The summed E-state index contributed by atoms with van der Waals surface area (Å²) < 4.78 is 5.32. The standard InChI is InChI=1S/C11H9NO3/c1-7-12-9-4-2-8(3-5-11(13)14)6-10(9)15-7/h2-6H,1H3,(H,13,14)/b5-3+. The van der Waals surface area contributed by atoms with Crippen LogP contribution in [0.2, 0.25) is 0 Å². The van der Waals surface area contributed by atoms with E-state index in [2.05, 4.69) is 4.98 Å². The summed E-state index contributed by atoms with van der Waals surface area (Å²) in [5, 5.41) is 8.47. The van der Waals surface area contributed by atoms with Crippen molar-refractivity contribution >= 4 is 23.1 Å². The molecule has 2 aromatic rings. The summed E-state index contributed by atoms with van der Waals surface area (Å²) in [5.74, 6) is -0.367. The minimum Gasteiger partial charge on any atom is -0.478 e. The Hall–Kier alpha value is -2.10. The van der Waals surface area contributed by atoms with E-state index < -0.39 is 5.97 Å². The van der Waals surface area contributed by atoms with Gasteiger partial charge in [-0.3, -0.25) is 0 Å². The average molecular weight is 203 g/mol. The predicted molar refractivity (Wildman–Crippen MR) is 55.4 cm³/mol. The molecule has 0 atom stereocenters. The number of benzene rings is 1. The van der Waals surface area contributed by atoms with E-state index in [4.69, 9.17) is 9.52 Å². The molecule has 0 saturated carbocycles. The van der Waals surface area contributed by atoms with Crippen molar-refractivity contribution in [3.05, 3.63) is 35.7 Å². The molecule has 4 heteroatoms.